The van der Waals surface area contributed by atoms with Gasteiger partial charge in [-0.1, -0.05) is 26.0 Å². The summed E-state index contributed by atoms with van der Waals surface area (Å²) in [4.78, 5) is 24.0. The third-order valence-corrected chi connectivity index (χ3v) is 3.83. The second-order valence-corrected chi connectivity index (χ2v) is 6.69. The predicted octanol–water partition coefficient (Wildman–Crippen LogP) is 4.47. The van der Waals surface area contributed by atoms with E-state index in [0.717, 1.165) is 11.3 Å². The number of hydrogen-bond donors (Lipinski definition) is 1. The number of amides is 1. The van der Waals surface area contributed by atoms with Crippen molar-refractivity contribution in [1.29, 1.82) is 0 Å². The summed E-state index contributed by atoms with van der Waals surface area (Å²) in [6.07, 6.45) is 1.03. The lowest BCUT2D eigenvalue weighted by atomic mass is 10.1. The summed E-state index contributed by atoms with van der Waals surface area (Å²) in [6, 6.07) is 14.5. The highest BCUT2D eigenvalue weighted by atomic mass is 16.5. The number of carbonyl (C=O) groups excluding carboxylic acids is 2. The zero-order valence-electron chi connectivity index (χ0n) is 16.2. The third kappa shape index (κ3) is 7.13. The van der Waals surface area contributed by atoms with Crippen LogP contribution in [0.1, 0.15) is 43.1 Å². The summed E-state index contributed by atoms with van der Waals surface area (Å²) >= 11 is 0. The van der Waals surface area contributed by atoms with Crippen LogP contribution in [0.15, 0.2) is 48.5 Å². The van der Waals surface area contributed by atoms with Gasteiger partial charge in [-0.25, -0.2) is 4.79 Å². The highest BCUT2D eigenvalue weighted by Gasteiger charge is 2.09. The van der Waals surface area contributed by atoms with Crippen molar-refractivity contribution in [3.63, 3.8) is 0 Å². The number of ether oxygens (including phenoxy) is 2. The molecule has 0 atom stereocenters. The molecule has 0 saturated carbocycles. The minimum atomic E-state index is -0.350. The third-order valence-electron chi connectivity index (χ3n) is 3.83. The summed E-state index contributed by atoms with van der Waals surface area (Å²) in [7, 11) is 0. The quantitative estimate of drug-likeness (QED) is 0.663. The molecule has 2 aromatic carbocycles. The highest BCUT2D eigenvalue weighted by Crippen LogP contribution is 2.15. The van der Waals surface area contributed by atoms with Crippen LogP contribution in [-0.2, 0) is 16.0 Å². The molecule has 0 fully saturated rings. The number of esters is 1. The maximum atomic E-state index is 12.1. The summed E-state index contributed by atoms with van der Waals surface area (Å²) in [5.41, 5.74) is 2.21. The van der Waals surface area contributed by atoms with Crippen molar-refractivity contribution in [2.75, 3.05) is 18.5 Å². The topological polar surface area (TPSA) is 64.6 Å². The normalized spacial score (nSPS) is 10.5. The van der Waals surface area contributed by atoms with Crippen LogP contribution in [0.2, 0.25) is 0 Å². The Morgan fingerprint density at radius 2 is 1.67 bits per heavy atom. The van der Waals surface area contributed by atoms with Gasteiger partial charge in [-0.05, 0) is 61.2 Å². The number of aryl methyl sites for hydroxylation is 1. The molecule has 2 aromatic rings. The van der Waals surface area contributed by atoms with E-state index in [-0.39, 0.29) is 11.9 Å². The highest BCUT2D eigenvalue weighted by molar-refractivity contribution is 5.93. The molecular formula is C22H27NO4. The van der Waals surface area contributed by atoms with Gasteiger partial charge in [-0.15, -0.1) is 0 Å². The fraction of sp³-hybridized carbons (Fsp3) is 0.364. The van der Waals surface area contributed by atoms with Crippen LogP contribution >= 0.6 is 0 Å². The molecular weight excluding hydrogens is 342 g/mol. The Labute approximate surface area is 160 Å². The molecule has 5 heteroatoms. The second kappa shape index (κ2) is 10.4. The number of benzene rings is 2. The standard InChI is InChI=1S/C22H27NO4/c1-4-26-20-12-5-17(6-13-20)7-14-21(24)23-19-10-8-18(9-11-19)22(25)27-15-16(2)3/h5-6,8-13,16H,4,7,14-15H2,1-3H3,(H,23,24). The Bertz CT molecular complexity index is 736. The molecule has 0 bridgehead atoms. The van der Waals surface area contributed by atoms with Crippen LogP contribution in [0.4, 0.5) is 5.69 Å². The Hall–Kier alpha value is -2.82. The van der Waals surface area contributed by atoms with Crippen molar-refractivity contribution in [3.05, 3.63) is 59.7 Å². The van der Waals surface area contributed by atoms with Crippen molar-refractivity contribution >= 4 is 17.6 Å². The minimum absolute atomic E-state index is 0.0704. The molecule has 0 spiro atoms. The van der Waals surface area contributed by atoms with Crippen LogP contribution in [0.25, 0.3) is 0 Å². The first-order chi connectivity index (χ1) is 13.0. The number of anilines is 1. The van der Waals surface area contributed by atoms with Gasteiger partial charge < -0.3 is 14.8 Å². The lowest BCUT2D eigenvalue weighted by Gasteiger charge is -2.09. The van der Waals surface area contributed by atoms with Gasteiger partial charge in [0, 0.05) is 12.1 Å². The molecule has 0 aliphatic heterocycles. The molecule has 1 N–H and O–H groups in total. The molecule has 1 amide bonds. The van der Waals surface area contributed by atoms with E-state index in [1.807, 2.05) is 45.0 Å². The van der Waals surface area contributed by atoms with Gasteiger partial charge in [0.2, 0.25) is 5.91 Å². The zero-order chi connectivity index (χ0) is 19.6. The minimum Gasteiger partial charge on any atom is -0.494 e. The Morgan fingerprint density at radius 1 is 1.00 bits per heavy atom. The molecule has 27 heavy (non-hydrogen) atoms. The van der Waals surface area contributed by atoms with Crippen LogP contribution in [0.5, 0.6) is 5.75 Å². The second-order valence-electron chi connectivity index (χ2n) is 6.69. The average Bonchev–Trinajstić information content (AvgIpc) is 2.66. The molecule has 0 aromatic heterocycles. The Kier molecular flexibility index (Phi) is 7.86. The summed E-state index contributed by atoms with van der Waals surface area (Å²) in [5.74, 6) is 0.705. The summed E-state index contributed by atoms with van der Waals surface area (Å²) < 4.78 is 10.6. The van der Waals surface area contributed by atoms with E-state index >= 15 is 0 Å². The zero-order valence-corrected chi connectivity index (χ0v) is 16.2. The molecule has 0 saturated heterocycles. The summed E-state index contributed by atoms with van der Waals surface area (Å²) in [5, 5.41) is 2.84. The van der Waals surface area contributed by atoms with E-state index in [0.29, 0.717) is 43.2 Å². The maximum absolute atomic E-state index is 12.1. The smallest absolute Gasteiger partial charge is 0.338 e. The predicted molar refractivity (Wildman–Crippen MR) is 106 cm³/mol. The van der Waals surface area contributed by atoms with E-state index in [1.165, 1.54) is 0 Å². The first-order valence-electron chi connectivity index (χ1n) is 9.26. The molecule has 0 heterocycles. The number of hydrogen-bond acceptors (Lipinski definition) is 4. The van der Waals surface area contributed by atoms with Gasteiger partial charge in [0.05, 0.1) is 18.8 Å². The number of carbonyl (C=O) groups is 2. The molecule has 0 radical (unpaired) electrons. The van der Waals surface area contributed by atoms with Gasteiger partial charge in [0.1, 0.15) is 5.75 Å². The fourth-order valence-corrected chi connectivity index (χ4v) is 2.42. The summed E-state index contributed by atoms with van der Waals surface area (Å²) in [6.45, 7) is 6.94. The molecule has 5 nitrogen and oxygen atoms in total. The van der Waals surface area contributed by atoms with Crippen molar-refractivity contribution in [3.8, 4) is 5.75 Å². The van der Waals surface area contributed by atoms with E-state index in [9.17, 15) is 9.59 Å². The maximum Gasteiger partial charge on any atom is 0.338 e. The van der Waals surface area contributed by atoms with Gasteiger partial charge in [-0.3, -0.25) is 4.79 Å². The van der Waals surface area contributed by atoms with Crippen LogP contribution < -0.4 is 10.1 Å². The van der Waals surface area contributed by atoms with Crippen molar-refractivity contribution in [2.45, 2.75) is 33.6 Å². The van der Waals surface area contributed by atoms with Crippen LogP contribution in [0, 0.1) is 5.92 Å². The van der Waals surface area contributed by atoms with E-state index < -0.39 is 0 Å². The molecule has 0 aliphatic carbocycles. The van der Waals surface area contributed by atoms with Crippen molar-refractivity contribution < 1.29 is 19.1 Å². The first kappa shape index (κ1) is 20.5. The fourth-order valence-electron chi connectivity index (χ4n) is 2.42. The molecule has 0 unspecified atom stereocenters. The van der Waals surface area contributed by atoms with E-state index in [4.69, 9.17) is 9.47 Å². The van der Waals surface area contributed by atoms with Crippen molar-refractivity contribution in [1.82, 2.24) is 0 Å². The largest absolute Gasteiger partial charge is 0.494 e. The number of nitrogens with one attached hydrogen (secondary N) is 1. The molecule has 0 aliphatic rings. The molecule has 2 rings (SSSR count). The van der Waals surface area contributed by atoms with Crippen LogP contribution in [0.3, 0.4) is 0 Å². The monoisotopic (exact) mass is 369 g/mol. The lowest BCUT2D eigenvalue weighted by Crippen LogP contribution is -2.13. The Morgan fingerprint density at radius 3 is 2.26 bits per heavy atom. The molecule has 144 valence electrons. The van der Waals surface area contributed by atoms with Crippen molar-refractivity contribution in [2.24, 2.45) is 5.92 Å². The first-order valence-corrected chi connectivity index (χ1v) is 9.26. The average molecular weight is 369 g/mol. The SMILES string of the molecule is CCOc1ccc(CCC(=O)Nc2ccc(C(=O)OCC(C)C)cc2)cc1. The van der Waals surface area contributed by atoms with E-state index in [2.05, 4.69) is 5.32 Å². The van der Waals surface area contributed by atoms with Gasteiger partial charge in [-0.2, -0.15) is 0 Å². The Balaban J connectivity index is 1.80. The number of rotatable bonds is 9. The lowest BCUT2D eigenvalue weighted by molar-refractivity contribution is -0.116. The van der Waals surface area contributed by atoms with Gasteiger partial charge >= 0.3 is 5.97 Å². The van der Waals surface area contributed by atoms with E-state index in [1.54, 1.807) is 24.3 Å². The van der Waals surface area contributed by atoms with Crippen LogP contribution in [-0.4, -0.2) is 25.1 Å². The van der Waals surface area contributed by atoms with Gasteiger partial charge in [0.15, 0.2) is 0 Å². The van der Waals surface area contributed by atoms with Gasteiger partial charge in [0.25, 0.3) is 0 Å².